The Hall–Kier alpha value is -1.57. The van der Waals surface area contributed by atoms with Gasteiger partial charge in [-0.05, 0) is 36.1 Å². The molecule has 0 amide bonds. The number of nitrogens with zero attached hydrogens (tertiary/aromatic N) is 4. The summed E-state index contributed by atoms with van der Waals surface area (Å²) in [4.78, 5) is 12.1. The van der Waals surface area contributed by atoms with Crippen LogP contribution in [0.1, 0.15) is 24.2 Å². The van der Waals surface area contributed by atoms with Crippen LogP contribution < -0.4 is 0 Å². The van der Waals surface area contributed by atoms with Crippen LogP contribution in [0.3, 0.4) is 0 Å². The van der Waals surface area contributed by atoms with E-state index in [0.29, 0.717) is 16.3 Å². The molecule has 0 atom stereocenters. The van der Waals surface area contributed by atoms with Crippen molar-refractivity contribution in [1.29, 1.82) is 0 Å². The molecule has 1 saturated carbocycles. The number of hydrogen-bond acceptors (Lipinski definition) is 5. The fraction of sp³-hybridized carbons (Fsp3) is 0.357. The summed E-state index contributed by atoms with van der Waals surface area (Å²) >= 11 is 5.75. The summed E-state index contributed by atoms with van der Waals surface area (Å²) in [5.41, 5.74) is 0.650. The van der Waals surface area contributed by atoms with Gasteiger partial charge in [0.2, 0.25) is 15.3 Å². The Bertz CT molecular complexity index is 793. The highest BCUT2D eigenvalue weighted by molar-refractivity contribution is 7.89. The van der Waals surface area contributed by atoms with Crippen LogP contribution in [0, 0.1) is 0 Å². The van der Waals surface area contributed by atoms with Crippen LogP contribution in [0.25, 0.3) is 0 Å². The summed E-state index contributed by atoms with van der Waals surface area (Å²) in [6.45, 7) is 0. The number of benzene rings is 1. The Morgan fingerprint density at radius 3 is 2.68 bits per heavy atom. The molecule has 1 aromatic carbocycles. The minimum absolute atomic E-state index is 0.0976. The van der Waals surface area contributed by atoms with Gasteiger partial charge >= 0.3 is 0 Å². The Morgan fingerprint density at radius 1 is 1.27 bits per heavy atom. The average molecular weight is 339 g/mol. The molecule has 0 aliphatic heterocycles. The summed E-state index contributed by atoms with van der Waals surface area (Å²) < 4.78 is 26.9. The van der Waals surface area contributed by atoms with E-state index in [-0.39, 0.29) is 17.7 Å². The molecule has 1 fully saturated rings. The highest BCUT2D eigenvalue weighted by Gasteiger charge is 2.35. The summed E-state index contributed by atoms with van der Waals surface area (Å²) in [6, 6.07) is 7.02. The Kier molecular flexibility index (Phi) is 4.12. The zero-order valence-corrected chi connectivity index (χ0v) is 13.5. The van der Waals surface area contributed by atoms with Crippen molar-refractivity contribution in [1.82, 2.24) is 19.3 Å². The fourth-order valence-electron chi connectivity index (χ4n) is 2.25. The standard InChI is InChI=1S/C14H15ClN4O2S/c1-19(11-6-7-11)22(20,21)12-5-3-2-4-10(12)8-13-16-9-17-14(15)18-13/h2-5,9,11H,6-8H2,1H3. The van der Waals surface area contributed by atoms with Gasteiger partial charge in [-0.15, -0.1) is 0 Å². The van der Waals surface area contributed by atoms with E-state index < -0.39 is 10.0 Å². The molecule has 0 spiro atoms. The lowest BCUT2D eigenvalue weighted by Gasteiger charge is -2.18. The van der Waals surface area contributed by atoms with Gasteiger partial charge in [-0.25, -0.2) is 23.4 Å². The molecular weight excluding hydrogens is 324 g/mol. The lowest BCUT2D eigenvalue weighted by molar-refractivity contribution is 0.463. The number of sulfonamides is 1. The number of aromatic nitrogens is 3. The van der Waals surface area contributed by atoms with Gasteiger partial charge in [0.15, 0.2) is 0 Å². The van der Waals surface area contributed by atoms with Gasteiger partial charge in [0.1, 0.15) is 12.2 Å². The maximum Gasteiger partial charge on any atom is 0.243 e. The predicted octanol–water partition coefficient (Wildman–Crippen LogP) is 1.90. The third-order valence-electron chi connectivity index (χ3n) is 3.63. The summed E-state index contributed by atoms with van der Waals surface area (Å²) in [5, 5.41) is 0.0976. The van der Waals surface area contributed by atoms with Crippen LogP contribution in [-0.4, -0.2) is 40.8 Å². The van der Waals surface area contributed by atoms with Crippen LogP contribution in [0.4, 0.5) is 0 Å². The lowest BCUT2D eigenvalue weighted by Crippen LogP contribution is -2.29. The number of hydrogen-bond donors (Lipinski definition) is 0. The second-order valence-electron chi connectivity index (χ2n) is 5.21. The third-order valence-corrected chi connectivity index (χ3v) is 5.82. The highest BCUT2D eigenvalue weighted by atomic mass is 35.5. The van der Waals surface area contributed by atoms with E-state index in [1.807, 2.05) is 0 Å². The van der Waals surface area contributed by atoms with Crippen LogP contribution in [0.5, 0.6) is 0 Å². The molecule has 0 unspecified atom stereocenters. The Morgan fingerprint density at radius 2 is 2.00 bits per heavy atom. The summed E-state index contributed by atoms with van der Waals surface area (Å²) in [7, 11) is -1.88. The van der Waals surface area contributed by atoms with Gasteiger partial charge in [-0.3, -0.25) is 0 Å². The minimum atomic E-state index is -3.51. The molecular formula is C14H15ClN4O2S. The van der Waals surface area contributed by atoms with Gasteiger partial charge in [0.05, 0.1) is 4.90 Å². The van der Waals surface area contributed by atoms with Crippen molar-refractivity contribution in [3.05, 3.63) is 47.3 Å². The van der Waals surface area contributed by atoms with E-state index in [9.17, 15) is 8.42 Å². The van der Waals surface area contributed by atoms with Gasteiger partial charge in [-0.1, -0.05) is 18.2 Å². The zero-order chi connectivity index (χ0) is 15.7. The van der Waals surface area contributed by atoms with Crippen molar-refractivity contribution in [2.24, 2.45) is 0 Å². The summed E-state index contributed by atoms with van der Waals surface area (Å²) in [5.74, 6) is 0.441. The quantitative estimate of drug-likeness (QED) is 0.832. The predicted molar refractivity (Wildman–Crippen MR) is 82.1 cm³/mol. The molecule has 8 heteroatoms. The first-order chi connectivity index (χ1) is 10.5. The molecule has 1 aliphatic carbocycles. The van der Waals surface area contributed by atoms with Crippen molar-refractivity contribution < 1.29 is 8.42 Å². The molecule has 116 valence electrons. The van der Waals surface area contributed by atoms with Crippen LogP contribution >= 0.6 is 11.6 Å². The molecule has 1 aliphatic rings. The van der Waals surface area contributed by atoms with Crippen molar-refractivity contribution in [2.75, 3.05) is 7.05 Å². The van der Waals surface area contributed by atoms with Crippen LogP contribution in [-0.2, 0) is 16.4 Å². The van der Waals surface area contributed by atoms with Crippen LogP contribution in [0.15, 0.2) is 35.5 Å². The Labute approximate surface area is 134 Å². The first-order valence-corrected chi connectivity index (χ1v) is 8.69. The van der Waals surface area contributed by atoms with Crippen molar-refractivity contribution >= 4 is 21.6 Å². The molecule has 1 aromatic heterocycles. The highest BCUT2D eigenvalue weighted by Crippen LogP contribution is 2.31. The lowest BCUT2D eigenvalue weighted by atomic mass is 10.1. The monoisotopic (exact) mass is 338 g/mol. The summed E-state index contributed by atoms with van der Waals surface area (Å²) in [6.07, 6.45) is 3.44. The molecule has 2 aromatic rings. The average Bonchev–Trinajstić information content (AvgIpc) is 3.31. The van der Waals surface area contributed by atoms with E-state index >= 15 is 0 Å². The Balaban J connectivity index is 1.96. The number of halogens is 1. The van der Waals surface area contributed by atoms with E-state index in [0.717, 1.165) is 12.8 Å². The minimum Gasteiger partial charge on any atom is -0.221 e. The van der Waals surface area contributed by atoms with Crippen LogP contribution in [0.2, 0.25) is 5.28 Å². The maximum atomic E-state index is 12.7. The normalized spacial score (nSPS) is 15.2. The SMILES string of the molecule is CN(C1CC1)S(=O)(=O)c1ccccc1Cc1ncnc(Cl)n1. The fourth-order valence-corrected chi connectivity index (χ4v) is 4.03. The molecule has 0 radical (unpaired) electrons. The smallest absolute Gasteiger partial charge is 0.221 e. The van der Waals surface area contributed by atoms with E-state index in [1.54, 1.807) is 31.3 Å². The molecule has 6 nitrogen and oxygen atoms in total. The van der Waals surface area contributed by atoms with Gasteiger partial charge in [0.25, 0.3) is 0 Å². The topological polar surface area (TPSA) is 76.1 Å². The van der Waals surface area contributed by atoms with Crippen molar-refractivity contribution in [3.63, 3.8) is 0 Å². The van der Waals surface area contributed by atoms with Gasteiger partial charge in [0, 0.05) is 19.5 Å². The van der Waals surface area contributed by atoms with Gasteiger partial charge in [-0.2, -0.15) is 4.31 Å². The van der Waals surface area contributed by atoms with Crippen molar-refractivity contribution in [2.45, 2.75) is 30.2 Å². The molecule has 22 heavy (non-hydrogen) atoms. The first-order valence-electron chi connectivity index (χ1n) is 6.88. The second-order valence-corrected chi connectivity index (χ2v) is 7.51. The zero-order valence-electron chi connectivity index (χ0n) is 12.0. The largest absolute Gasteiger partial charge is 0.243 e. The van der Waals surface area contributed by atoms with Gasteiger partial charge < -0.3 is 0 Å². The molecule has 0 N–H and O–H groups in total. The molecule has 0 saturated heterocycles. The van der Waals surface area contributed by atoms with Crippen molar-refractivity contribution in [3.8, 4) is 0 Å². The maximum absolute atomic E-state index is 12.7. The third kappa shape index (κ3) is 3.11. The molecule has 0 bridgehead atoms. The first kappa shape index (κ1) is 15.3. The van der Waals surface area contributed by atoms with E-state index in [2.05, 4.69) is 15.0 Å². The molecule has 3 rings (SSSR count). The van der Waals surface area contributed by atoms with E-state index in [4.69, 9.17) is 11.6 Å². The second kappa shape index (κ2) is 5.91. The van der Waals surface area contributed by atoms with E-state index in [1.165, 1.54) is 10.6 Å². The number of rotatable bonds is 5. The molecule has 1 heterocycles.